The second kappa shape index (κ2) is 6.07. The minimum atomic E-state index is 0.0258. The molecule has 0 saturated heterocycles. The summed E-state index contributed by atoms with van der Waals surface area (Å²) in [5.74, 6) is 1.05. The number of amides is 1. The van der Waals surface area contributed by atoms with Crippen LogP contribution in [-0.4, -0.2) is 31.3 Å². The third-order valence-corrected chi connectivity index (χ3v) is 4.05. The van der Waals surface area contributed by atoms with Crippen molar-refractivity contribution < 1.29 is 4.79 Å². The Bertz CT molecular complexity index is 395. The Kier molecular flexibility index (Phi) is 4.45. The van der Waals surface area contributed by atoms with Crippen LogP contribution in [0.3, 0.4) is 0 Å². The number of carbonyl (C=O) groups excluding carboxylic acids is 1. The first-order chi connectivity index (χ1) is 8.33. The highest BCUT2D eigenvalue weighted by Crippen LogP contribution is 2.39. The topological polar surface area (TPSA) is 41.1 Å². The molecule has 1 aliphatic heterocycles. The summed E-state index contributed by atoms with van der Waals surface area (Å²) in [6.45, 7) is 4.55. The first kappa shape index (κ1) is 12.5. The van der Waals surface area contributed by atoms with Crippen molar-refractivity contribution in [2.24, 2.45) is 0 Å². The normalized spacial score (nSPS) is 17.8. The largest absolute Gasteiger partial charge is 0.354 e. The summed E-state index contributed by atoms with van der Waals surface area (Å²) in [5.41, 5.74) is 1.18. The smallest absolute Gasteiger partial charge is 0.228 e. The first-order valence-electron chi connectivity index (χ1n) is 6.03. The fourth-order valence-corrected chi connectivity index (χ4v) is 3.18. The van der Waals surface area contributed by atoms with Gasteiger partial charge in [-0.2, -0.15) is 0 Å². The van der Waals surface area contributed by atoms with Crippen molar-refractivity contribution in [2.45, 2.75) is 17.7 Å². The quantitative estimate of drug-likeness (QED) is 0.780. The highest BCUT2D eigenvalue weighted by molar-refractivity contribution is 7.99. The molecule has 1 aromatic carbocycles. The van der Waals surface area contributed by atoms with E-state index in [1.165, 1.54) is 10.5 Å². The van der Waals surface area contributed by atoms with Crippen LogP contribution in [0.4, 0.5) is 0 Å². The molecule has 1 unspecified atom stereocenters. The van der Waals surface area contributed by atoms with Crippen LogP contribution in [0, 0.1) is 0 Å². The van der Waals surface area contributed by atoms with Gasteiger partial charge in [-0.25, -0.2) is 0 Å². The molecule has 1 heterocycles. The van der Waals surface area contributed by atoms with Crippen molar-refractivity contribution in [3.05, 3.63) is 29.8 Å². The van der Waals surface area contributed by atoms with Crippen LogP contribution in [0.1, 0.15) is 18.4 Å². The molecular formula is C13H18N2OS. The standard InChI is InChI=1S/C13H18N2OS/c1-2-14-7-8-15-13(16)11-9-17-12-6-4-3-5-10(11)12/h3-6,11,14H,2,7-9H2,1H3,(H,15,16). The number of carbonyl (C=O) groups is 1. The average Bonchev–Trinajstić information content (AvgIpc) is 2.78. The summed E-state index contributed by atoms with van der Waals surface area (Å²) in [6.07, 6.45) is 0. The van der Waals surface area contributed by atoms with Crippen LogP contribution in [0.2, 0.25) is 0 Å². The van der Waals surface area contributed by atoms with Crippen molar-refractivity contribution in [3.8, 4) is 0 Å². The molecule has 0 saturated carbocycles. The lowest BCUT2D eigenvalue weighted by Gasteiger charge is -2.11. The molecule has 1 aromatic rings. The van der Waals surface area contributed by atoms with E-state index in [1.54, 1.807) is 11.8 Å². The number of likely N-dealkylation sites (N-methyl/N-ethyl adjacent to an activating group) is 1. The van der Waals surface area contributed by atoms with Crippen LogP contribution in [-0.2, 0) is 4.79 Å². The lowest BCUT2D eigenvalue weighted by atomic mass is 10.0. The molecule has 4 heteroatoms. The van der Waals surface area contributed by atoms with Gasteiger partial charge in [-0.05, 0) is 18.2 Å². The lowest BCUT2D eigenvalue weighted by molar-refractivity contribution is -0.122. The molecule has 1 atom stereocenters. The fourth-order valence-electron chi connectivity index (χ4n) is 1.95. The summed E-state index contributed by atoms with van der Waals surface area (Å²) in [4.78, 5) is 13.3. The molecule has 0 bridgehead atoms. The van der Waals surface area contributed by atoms with Gasteiger partial charge in [0.1, 0.15) is 0 Å². The maximum atomic E-state index is 12.0. The van der Waals surface area contributed by atoms with Gasteiger partial charge in [0.25, 0.3) is 0 Å². The van der Waals surface area contributed by atoms with Gasteiger partial charge in [-0.3, -0.25) is 4.79 Å². The number of fused-ring (bicyclic) bond motifs is 1. The van der Waals surface area contributed by atoms with Crippen molar-refractivity contribution in [3.63, 3.8) is 0 Å². The number of hydrogen-bond acceptors (Lipinski definition) is 3. The Hall–Kier alpha value is -1.00. The monoisotopic (exact) mass is 250 g/mol. The van der Waals surface area contributed by atoms with E-state index in [1.807, 2.05) is 12.1 Å². The molecule has 0 aliphatic carbocycles. The molecule has 0 spiro atoms. The molecule has 3 nitrogen and oxygen atoms in total. The zero-order valence-electron chi connectivity index (χ0n) is 10.0. The first-order valence-corrected chi connectivity index (χ1v) is 7.01. The molecule has 2 rings (SSSR count). The number of rotatable bonds is 5. The SMILES string of the molecule is CCNCCNC(=O)C1CSc2ccccc21. The van der Waals surface area contributed by atoms with E-state index in [9.17, 15) is 4.79 Å². The molecule has 0 fully saturated rings. The Balaban J connectivity index is 1.89. The highest BCUT2D eigenvalue weighted by Gasteiger charge is 2.28. The van der Waals surface area contributed by atoms with Gasteiger partial charge in [0.05, 0.1) is 5.92 Å². The second-order valence-corrected chi connectivity index (χ2v) is 5.11. The van der Waals surface area contributed by atoms with E-state index < -0.39 is 0 Å². The highest BCUT2D eigenvalue weighted by atomic mass is 32.2. The lowest BCUT2D eigenvalue weighted by Crippen LogP contribution is -2.35. The summed E-state index contributed by atoms with van der Waals surface area (Å²) in [5, 5.41) is 6.18. The molecule has 1 amide bonds. The van der Waals surface area contributed by atoms with E-state index >= 15 is 0 Å². The van der Waals surface area contributed by atoms with Crippen LogP contribution >= 0.6 is 11.8 Å². The molecule has 92 valence electrons. The van der Waals surface area contributed by atoms with Crippen molar-refractivity contribution in [2.75, 3.05) is 25.4 Å². The van der Waals surface area contributed by atoms with E-state index in [2.05, 4.69) is 29.7 Å². The minimum Gasteiger partial charge on any atom is -0.354 e. The van der Waals surface area contributed by atoms with Gasteiger partial charge >= 0.3 is 0 Å². The average molecular weight is 250 g/mol. The molecule has 1 aliphatic rings. The van der Waals surface area contributed by atoms with Gasteiger partial charge in [-0.1, -0.05) is 25.1 Å². The van der Waals surface area contributed by atoms with E-state index in [0.29, 0.717) is 6.54 Å². The summed E-state index contributed by atoms with van der Waals surface area (Å²) in [6, 6.07) is 8.18. The van der Waals surface area contributed by atoms with Crippen molar-refractivity contribution in [1.29, 1.82) is 0 Å². The van der Waals surface area contributed by atoms with Crippen LogP contribution < -0.4 is 10.6 Å². The van der Waals surface area contributed by atoms with Crippen molar-refractivity contribution >= 4 is 17.7 Å². The van der Waals surface area contributed by atoms with Crippen molar-refractivity contribution in [1.82, 2.24) is 10.6 Å². The predicted molar refractivity (Wildman–Crippen MR) is 71.5 cm³/mol. The zero-order valence-corrected chi connectivity index (χ0v) is 10.8. The van der Waals surface area contributed by atoms with Gasteiger partial charge in [0.2, 0.25) is 5.91 Å². The third kappa shape index (κ3) is 3.01. The zero-order chi connectivity index (χ0) is 12.1. The molecule has 0 radical (unpaired) electrons. The molecule has 0 aromatic heterocycles. The number of nitrogens with one attached hydrogen (secondary N) is 2. The molecular weight excluding hydrogens is 232 g/mol. The van der Waals surface area contributed by atoms with E-state index in [-0.39, 0.29) is 11.8 Å². The molecule has 17 heavy (non-hydrogen) atoms. The Morgan fingerprint density at radius 2 is 2.24 bits per heavy atom. The summed E-state index contributed by atoms with van der Waals surface area (Å²) >= 11 is 1.77. The van der Waals surface area contributed by atoms with Crippen LogP contribution in [0.5, 0.6) is 0 Å². The van der Waals surface area contributed by atoms with Gasteiger partial charge in [-0.15, -0.1) is 11.8 Å². The predicted octanol–water partition coefficient (Wildman–Crippen LogP) is 1.60. The molecule has 2 N–H and O–H groups in total. The minimum absolute atomic E-state index is 0.0258. The Morgan fingerprint density at radius 1 is 1.41 bits per heavy atom. The third-order valence-electron chi connectivity index (χ3n) is 2.87. The maximum Gasteiger partial charge on any atom is 0.228 e. The van der Waals surface area contributed by atoms with Crippen LogP contribution in [0.15, 0.2) is 29.2 Å². The van der Waals surface area contributed by atoms with Crippen LogP contribution in [0.25, 0.3) is 0 Å². The number of hydrogen-bond donors (Lipinski definition) is 2. The summed E-state index contributed by atoms with van der Waals surface area (Å²) < 4.78 is 0. The second-order valence-electron chi connectivity index (χ2n) is 4.05. The summed E-state index contributed by atoms with van der Waals surface area (Å²) in [7, 11) is 0. The van der Waals surface area contributed by atoms with E-state index in [4.69, 9.17) is 0 Å². The fraction of sp³-hybridized carbons (Fsp3) is 0.462. The number of thioether (sulfide) groups is 1. The maximum absolute atomic E-state index is 12.0. The van der Waals surface area contributed by atoms with Gasteiger partial charge in [0, 0.05) is 23.7 Å². The van der Waals surface area contributed by atoms with Gasteiger partial charge < -0.3 is 10.6 Å². The van der Waals surface area contributed by atoms with Gasteiger partial charge in [0.15, 0.2) is 0 Å². The van der Waals surface area contributed by atoms with E-state index in [0.717, 1.165) is 18.8 Å². The Labute approximate surface area is 106 Å². The Morgan fingerprint density at radius 3 is 3.06 bits per heavy atom. The number of benzene rings is 1.